The van der Waals surface area contributed by atoms with E-state index >= 15 is 0 Å². The number of rotatable bonds is 4. The Balaban J connectivity index is 1.48. The van der Waals surface area contributed by atoms with Gasteiger partial charge in [-0.1, -0.05) is 0 Å². The number of nitrogens with zero attached hydrogens (tertiary/aromatic N) is 5. The maximum atomic E-state index is 12.3. The maximum absolute atomic E-state index is 12.3. The Morgan fingerprint density at radius 3 is 2.83 bits per heavy atom. The van der Waals surface area contributed by atoms with E-state index in [1.807, 2.05) is 22.7 Å². The summed E-state index contributed by atoms with van der Waals surface area (Å²) in [6.07, 6.45) is 6.38. The van der Waals surface area contributed by atoms with Gasteiger partial charge in [-0.3, -0.25) is 20.6 Å². The number of ether oxygens (including phenoxy) is 1. The molecule has 0 saturated carbocycles. The van der Waals surface area contributed by atoms with Gasteiger partial charge in [-0.05, 0) is 30.3 Å². The number of carbonyl (C=O) groups excluding carboxylic acids is 1. The number of hydrogen-bond acceptors (Lipinski definition) is 7. The normalized spacial score (nSPS) is 14.3. The molecule has 1 aliphatic heterocycles. The topological polar surface area (TPSA) is 96.7 Å². The third-order valence-corrected chi connectivity index (χ3v) is 4.91. The molecule has 0 spiro atoms. The summed E-state index contributed by atoms with van der Waals surface area (Å²) in [5, 5.41) is 0. The Kier molecular flexibility index (Phi) is 4.41. The van der Waals surface area contributed by atoms with Gasteiger partial charge < -0.3 is 14.0 Å². The Labute approximate surface area is 166 Å². The molecular weight excluding hydrogens is 370 g/mol. The smallest absolute Gasteiger partial charge is 0.289 e. The highest BCUT2D eigenvalue weighted by Gasteiger charge is 2.15. The largest absolute Gasteiger partial charge is 0.378 e. The highest BCUT2D eigenvalue weighted by Crippen LogP contribution is 2.26. The van der Waals surface area contributed by atoms with Crippen LogP contribution in [0.1, 0.15) is 10.5 Å². The molecule has 9 heteroatoms. The quantitative estimate of drug-likeness (QED) is 0.514. The summed E-state index contributed by atoms with van der Waals surface area (Å²) in [5.41, 5.74) is 9.58. The second-order valence-corrected chi connectivity index (χ2v) is 6.67. The van der Waals surface area contributed by atoms with Crippen molar-refractivity contribution in [2.24, 2.45) is 0 Å². The number of anilines is 2. The van der Waals surface area contributed by atoms with Crippen molar-refractivity contribution in [3.8, 4) is 0 Å². The lowest BCUT2D eigenvalue weighted by atomic mass is 10.2. The van der Waals surface area contributed by atoms with Gasteiger partial charge in [0.2, 0.25) is 0 Å². The molecule has 146 valence electrons. The van der Waals surface area contributed by atoms with Gasteiger partial charge in [0.25, 0.3) is 5.91 Å². The molecule has 4 aromatic rings. The number of fused-ring (bicyclic) bond motifs is 3. The first kappa shape index (κ1) is 17.4. The van der Waals surface area contributed by atoms with Crippen molar-refractivity contribution in [2.75, 3.05) is 36.6 Å². The van der Waals surface area contributed by atoms with Gasteiger partial charge in [0.15, 0.2) is 5.82 Å². The third kappa shape index (κ3) is 3.32. The van der Waals surface area contributed by atoms with Crippen molar-refractivity contribution < 1.29 is 9.53 Å². The average molecular weight is 389 g/mol. The predicted octanol–water partition coefficient (Wildman–Crippen LogP) is 1.87. The van der Waals surface area contributed by atoms with E-state index < -0.39 is 0 Å². The molecule has 1 saturated heterocycles. The van der Waals surface area contributed by atoms with Crippen molar-refractivity contribution in [3.05, 3.63) is 60.8 Å². The first-order chi connectivity index (χ1) is 14.3. The summed E-state index contributed by atoms with van der Waals surface area (Å²) in [5.74, 6) is 0.172. The van der Waals surface area contributed by atoms with Crippen LogP contribution in [-0.2, 0) is 4.74 Å². The van der Waals surface area contributed by atoms with Gasteiger partial charge >= 0.3 is 0 Å². The van der Waals surface area contributed by atoms with Crippen LogP contribution in [0.2, 0.25) is 0 Å². The summed E-state index contributed by atoms with van der Waals surface area (Å²) in [6.45, 7) is 3.17. The average Bonchev–Trinajstić information content (AvgIpc) is 3.28. The predicted molar refractivity (Wildman–Crippen MR) is 109 cm³/mol. The SMILES string of the molecule is O=C(NNc1nc2cc(N3CCOCC3)ccc2n2cccc12)c1cnccn1. The van der Waals surface area contributed by atoms with E-state index in [1.165, 1.54) is 18.6 Å². The summed E-state index contributed by atoms with van der Waals surface area (Å²) < 4.78 is 7.49. The fraction of sp³-hybridized carbons (Fsp3) is 0.200. The Bertz CT molecular complexity index is 1170. The first-order valence-corrected chi connectivity index (χ1v) is 9.35. The number of amides is 1. The van der Waals surface area contributed by atoms with Gasteiger partial charge in [-0.15, -0.1) is 0 Å². The molecular formula is C20H19N7O2. The molecule has 4 heterocycles. The number of carbonyl (C=O) groups is 1. The Morgan fingerprint density at radius 2 is 2.00 bits per heavy atom. The zero-order valence-corrected chi connectivity index (χ0v) is 15.6. The summed E-state index contributed by atoms with van der Waals surface area (Å²) in [7, 11) is 0. The van der Waals surface area contributed by atoms with Crippen LogP contribution in [-0.4, -0.2) is 51.6 Å². The van der Waals surface area contributed by atoms with Crippen molar-refractivity contribution in [1.82, 2.24) is 24.8 Å². The van der Waals surface area contributed by atoms with E-state index in [4.69, 9.17) is 9.72 Å². The van der Waals surface area contributed by atoms with Crippen molar-refractivity contribution in [2.45, 2.75) is 0 Å². The van der Waals surface area contributed by atoms with Gasteiger partial charge in [-0.25, -0.2) is 9.97 Å². The van der Waals surface area contributed by atoms with Crippen LogP contribution in [0, 0.1) is 0 Å². The highest BCUT2D eigenvalue weighted by molar-refractivity contribution is 5.93. The molecule has 1 aromatic carbocycles. The molecule has 0 radical (unpaired) electrons. The molecule has 0 bridgehead atoms. The monoisotopic (exact) mass is 389 g/mol. The standard InChI is InChI=1S/C20H19N7O2/c28-20(16-13-21-5-6-22-16)25-24-19-18-2-1-7-27(18)17-4-3-14(12-15(17)23-19)26-8-10-29-11-9-26/h1-7,12-13H,8-11H2,(H,23,24)(H,25,28). The molecule has 0 atom stereocenters. The van der Waals surface area contributed by atoms with Crippen molar-refractivity contribution >= 4 is 34.0 Å². The fourth-order valence-electron chi connectivity index (χ4n) is 3.47. The van der Waals surface area contributed by atoms with E-state index in [0.29, 0.717) is 5.82 Å². The Morgan fingerprint density at radius 1 is 1.10 bits per heavy atom. The van der Waals surface area contributed by atoms with Gasteiger partial charge in [0, 0.05) is 37.4 Å². The van der Waals surface area contributed by atoms with Crippen LogP contribution in [0.25, 0.3) is 16.6 Å². The van der Waals surface area contributed by atoms with Crippen molar-refractivity contribution in [3.63, 3.8) is 0 Å². The molecule has 0 aliphatic carbocycles. The van der Waals surface area contributed by atoms with Gasteiger partial charge in [0.1, 0.15) is 5.69 Å². The number of aromatic nitrogens is 4. The second kappa shape index (κ2) is 7.36. The lowest BCUT2D eigenvalue weighted by Crippen LogP contribution is -2.36. The zero-order valence-electron chi connectivity index (χ0n) is 15.6. The molecule has 0 unspecified atom stereocenters. The number of morpholine rings is 1. The van der Waals surface area contributed by atoms with Gasteiger partial charge in [-0.2, -0.15) is 0 Å². The first-order valence-electron chi connectivity index (χ1n) is 9.35. The minimum atomic E-state index is -0.383. The minimum absolute atomic E-state index is 0.224. The zero-order chi connectivity index (χ0) is 19.6. The fourth-order valence-corrected chi connectivity index (χ4v) is 3.47. The van der Waals surface area contributed by atoms with Crippen LogP contribution in [0.4, 0.5) is 11.5 Å². The van der Waals surface area contributed by atoms with Crippen LogP contribution >= 0.6 is 0 Å². The number of hydrazine groups is 1. The molecule has 3 aromatic heterocycles. The van der Waals surface area contributed by atoms with E-state index in [-0.39, 0.29) is 11.6 Å². The van der Waals surface area contributed by atoms with E-state index in [0.717, 1.165) is 48.5 Å². The van der Waals surface area contributed by atoms with Crippen LogP contribution in [0.5, 0.6) is 0 Å². The number of hydrogen-bond donors (Lipinski definition) is 2. The third-order valence-electron chi connectivity index (χ3n) is 4.91. The van der Waals surface area contributed by atoms with E-state index in [9.17, 15) is 4.79 Å². The minimum Gasteiger partial charge on any atom is -0.378 e. The molecule has 1 amide bonds. The van der Waals surface area contributed by atoms with Crippen LogP contribution in [0.3, 0.4) is 0 Å². The lowest BCUT2D eigenvalue weighted by molar-refractivity contribution is 0.0957. The second-order valence-electron chi connectivity index (χ2n) is 6.67. The summed E-state index contributed by atoms with van der Waals surface area (Å²) in [6, 6.07) is 10.1. The van der Waals surface area contributed by atoms with Gasteiger partial charge in [0.05, 0.1) is 36.0 Å². The lowest BCUT2D eigenvalue weighted by Gasteiger charge is -2.29. The summed E-state index contributed by atoms with van der Waals surface area (Å²) >= 11 is 0. The van der Waals surface area contributed by atoms with E-state index in [2.05, 4.69) is 43.9 Å². The van der Waals surface area contributed by atoms with E-state index in [1.54, 1.807) is 0 Å². The van der Waals surface area contributed by atoms with Crippen molar-refractivity contribution in [1.29, 1.82) is 0 Å². The Hall–Kier alpha value is -3.72. The molecule has 5 rings (SSSR count). The molecule has 29 heavy (non-hydrogen) atoms. The maximum Gasteiger partial charge on any atom is 0.289 e. The van der Waals surface area contributed by atoms with Crippen LogP contribution < -0.4 is 15.8 Å². The molecule has 1 fully saturated rings. The number of benzene rings is 1. The number of nitrogens with one attached hydrogen (secondary N) is 2. The molecule has 9 nitrogen and oxygen atoms in total. The summed E-state index contributed by atoms with van der Waals surface area (Å²) in [4.78, 5) is 27.2. The molecule has 1 aliphatic rings. The van der Waals surface area contributed by atoms with Crippen LogP contribution in [0.15, 0.2) is 55.1 Å². The highest BCUT2D eigenvalue weighted by atomic mass is 16.5. The molecule has 2 N–H and O–H groups in total.